The fourth-order valence-electron chi connectivity index (χ4n) is 3.74. The first-order valence-corrected chi connectivity index (χ1v) is 10.3. The molecular formula is C24H28F2N2O3. The first-order chi connectivity index (χ1) is 14.9. The minimum atomic E-state index is -0.632. The van der Waals surface area contributed by atoms with Gasteiger partial charge in [-0.1, -0.05) is 11.6 Å². The van der Waals surface area contributed by atoms with Crippen LogP contribution in [0.2, 0.25) is 0 Å². The highest BCUT2D eigenvalue weighted by atomic mass is 19.1. The predicted molar refractivity (Wildman–Crippen MR) is 116 cm³/mol. The molecule has 3 rings (SSSR count). The predicted octanol–water partition coefficient (Wildman–Crippen LogP) is 4.28. The van der Waals surface area contributed by atoms with Crippen LogP contribution >= 0.6 is 0 Å². The first kappa shape index (κ1) is 22.7. The lowest BCUT2D eigenvalue weighted by atomic mass is 10.1. The summed E-state index contributed by atoms with van der Waals surface area (Å²) in [5.41, 5.74) is 1.52. The largest absolute Gasteiger partial charge is 0.497 e. The van der Waals surface area contributed by atoms with E-state index in [1.54, 1.807) is 29.2 Å². The van der Waals surface area contributed by atoms with E-state index in [0.29, 0.717) is 30.2 Å². The Hall–Kier alpha value is -2.93. The maximum Gasteiger partial charge on any atom is 0.254 e. The number of amides is 1. The standard InChI is InChI=1S/C24H28F2N2O3/c1-16(9-17-6-7-19(25)12-23(17)26)14-28(15-20-5-4-8-27-20)24(29)18-10-21(30-2)13-22(11-18)31-3/h6-7,9-13,20,27H,4-5,8,14-15H2,1-3H3. The van der Waals surface area contributed by atoms with E-state index in [4.69, 9.17) is 9.47 Å². The van der Waals surface area contributed by atoms with E-state index < -0.39 is 11.6 Å². The third-order valence-corrected chi connectivity index (χ3v) is 5.29. The molecule has 1 amide bonds. The number of benzene rings is 2. The summed E-state index contributed by atoms with van der Waals surface area (Å²) >= 11 is 0. The van der Waals surface area contributed by atoms with Crippen molar-refractivity contribution in [3.05, 3.63) is 64.7 Å². The lowest BCUT2D eigenvalue weighted by molar-refractivity contribution is 0.0756. The van der Waals surface area contributed by atoms with Crippen molar-refractivity contribution in [3.63, 3.8) is 0 Å². The molecule has 0 aliphatic carbocycles. The fourth-order valence-corrected chi connectivity index (χ4v) is 3.74. The number of halogens is 2. The molecule has 1 unspecified atom stereocenters. The molecule has 1 heterocycles. The molecule has 2 aromatic carbocycles. The molecular weight excluding hydrogens is 402 g/mol. The van der Waals surface area contributed by atoms with Gasteiger partial charge in [0.15, 0.2) is 0 Å². The fraction of sp³-hybridized carbons (Fsp3) is 0.375. The number of carbonyl (C=O) groups excluding carboxylic acids is 1. The minimum Gasteiger partial charge on any atom is -0.497 e. The normalized spacial score (nSPS) is 16.3. The molecule has 166 valence electrons. The van der Waals surface area contributed by atoms with Crippen molar-refractivity contribution in [2.24, 2.45) is 0 Å². The highest BCUT2D eigenvalue weighted by molar-refractivity contribution is 5.95. The maximum atomic E-state index is 14.1. The highest BCUT2D eigenvalue weighted by Crippen LogP contribution is 2.24. The Morgan fingerprint density at radius 1 is 1.16 bits per heavy atom. The van der Waals surface area contributed by atoms with Crippen LogP contribution in [0, 0.1) is 11.6 Å². The molecule has 0 radical (unpaired) electrons. The Kier molecular flexibility index (Phi) is 7.63. The van der Waals surface area contributed by atoms with Gasteiger partial charge in [-0.3, -0.25) is 4.79 Å². The molecule has 0 aromatic heterocycles. The van der Waals surface area contributed by atoms with Crippen molar-refractivity contribution in [1.29, 1.82) is 0 Å². The molecule has 1 aliphatic heterocycles. The molecule has 31 heavy (non-hydrogen) atoms. The molecule has 1 atom stereocenters. The van der Waals surface area contributed by atoms with Crippen molar-refractivity contribution < 1.29 is 23.0 Å². The quantitative estimate of drug-likeness (QED) is 0.679. The van der Waals surface area contributed by atoms with Crippen LogP contribution in [0.4, 0.5) is 8.78 Å². The van der Waals surface area contributed by atoms with Crippen molar-refractivity contribution in [2.75, 3.05) is 33.9 Å². The second-order valence-electron chi connectivity index (χ2n) is 7.74. The number of rotatable bonds is 8. The number of hydrogen-bond donors (Lipinski definition) is 1. The van der Waals surface area contributed by atoms with E-state index in [-0.39, 0.29) is 17.5 Å². The van der Waals surface area contributed by atoms with Gasteiger partial charge in [0.1, 0.15) is 23.1 Å². The summed E-state index contributed by atoms with van der Waals surface area (Å²) in [6, 6.07) is 8.74. The average Bonchev–Trinajstić information content (AvgIpc) is 3.27. The molecule has 7 heteroatoms. The highest BCUT2D eigenvalue weighted by Gasteiger charge is 2.23. The number of hydrogen-bond acceptors (Lipinski definition) is 4. The van der Waals surface area contributed by atoms with Crippen LogP contribution in [0.15, 0.2) is 42.0 Å². The van der Waals surface area contributed by atoms with Crippen molar-refractivity contribution in [2.45, 2.75) is 25.8 Å². The topological polar surface area (TPSA) is 50.8 Å². The van der Waals surface area contributed by atoms with Crippen LogP contribution in [-0.4, -0.2) is 50.7 Å². The maximum absolute atomic E-state index is 14.1. The zero-order valence-electron chi connectivity index (χ0n) is 18.1. The lowest BCUT2D eigenvalue weighted by Crippen LogP contribution is -2.42. The summed E-state index contributed by atoms with van der Waals surface area (Å²) in [5.74, 6) is -0.363. The van der Waals surface area contributed by atoms with E-state index in [2.05, 4.69) is 5.32 Å². The van der Waals surface area contributed by atoms with Crippen LogP contribution in [0.3, 0.4) is 0 Å². The van der Waals surface area contributed by atoms with Crippen LogP contribution in [0.5, 0.6) is 11.5 Å². The molecule has 2 aromatic rings. The van der Waals surface area contributed by atoms with Gasteiger partial charge in [-0.15, -0.1) is 0 Å². The smallest absolute Gasteiger partial charge is 0.254 e. The molecule has 1 N–H and O–H groups in total. The molecule has 0 spiro atoms. The van der Waals surface area contributed by atoms with Crippen LogP contribution in [0.25, 0.3) is 6.08 Å². The first-order valence-electron chi connectivity index (χ1n) is 10.3. The monoisotopic (exact) mass is 430 g/mol. The van der Waals surface area contributed by atoms with Gasteiger partial charge in [0, 0.05) is 42.4 Å². The van der Waals surface area contributed by atoms with E-state index in [1.165, 1.54) is 26.4 Å². The number of ether oxygens (including phenoxy) is 2. The molecule has 1 aliphatic rings. The average molecular weight is 430 g/mol. The van der Waals surface area contributed by atoms with E-state index in [0.717, 1.165) is 31.0 Å². The third-order valence-electron chi connectivity index (χ3n) is 5.29. The summed E-state index contributed by atoms with van der Waals surface area (Å²) in [5, 5.41) is 3.41. The zero-order valence-corrected chi connectivity index (χ0v) is 18.1. The molecule has 5 nitrogen and oxygen atoms in total. The van der Waals surface area contributed by atoms with Crippen LogP contribution in [0.1, 0.15) is 35.7 Å². The lowest BCUT2D eigenvalue weighted by Gasteiger charge is -2.27. The van der Waals surface area contributed by atoms with Crippen LogP contribution < -0.4 is 14.8 Å². The number of carbonyl (C=O) groups is 1. The Bertz CT molecular complexity index is 934. The second-order valence-corrected chi connectivity index (χ2v) is 7.74. The van der Waals surface area contributed by atoms with Gasteiger partial charge in [0.05, 0.1) is 14.2 Å². The summed E-state index contributed by atoms with van der Waals surface area (Å²) in [6.07, 6.45) is 3.69. The van der Waals surface area contributed by atoms with Gasteiger partial charge in [-0.25, -0.2) is 8.78 Å². The SMILES string of the molecule is COc1cc(OC)cc(C(=O)N(CC(C)=Cc2ccc(F)cc2F)CC2CCCN2)c1. The van der Waals surface area contributed by atoms with Gasteiger partial charge >= 0.3 is 0 Å². The Labute approximate surface area is 181 Å². The van der Waals surface area contributed by atoms with Crippen molar-refractivity contribution in [1.82, 2.24) is 10.2 Å². The second kappa shape index (κ2) is 10.4. The van der Waals surface area contributed by atoms with Gasteiger partial charge < -0.3 is 19.7 Å². The summed E-state index contributed by atoms with van der Waals surface area (Å²) in [4.78, 5) is 15.1. The summed E-state index contributed by atoms with van der Waals surface area (Å²) in [6.45, 7) is 3.59. The summed E-state index contributed by atoms with van der Waals surface area (Å²) in [7, 11) is 3.07. The molecule has 0 saturated carbocycles. The number of nitrogens with zero attached hydrogens (tertiary/aromatic N) is 1. The van der Waals surface area contributed by atoms with E-state index >= 15 is 0 Å². The van der Waals surface area contributed by atoms with Crippen molar-refractivity contribution >= 4 is 12.0 Å². The minimum absolute atomic E-state index is 0.168. The Morgan fingerprint density at radius 3 is 2.45 bits per heavy atom. The Morgan fingerprint density at radius 2 is 1.87 bits per heavy atom. The molecule has 1 saturated heterocycles. The van der Waals surface area contributed by atoms with Crippen molar-refractivity contribution in [3.8, 4) is 11.5 Å². The number of nitrogens with one attached hydrogen (secondary N) is 1. The Balaban J connectivity index is 1.87. The number of methoxy groups -OCH3 is 2. The molecule has 1 fully saturated rings. The summed E-state index contributed by atoms with van der Waals surface area (Å²) < 4.78 is 37.9. The van der Waals surface area contributed by atoms with E-state index in [1.807, 2.05) is 6.92 Å². The zero-order chi connectivity index (χ0) is 22.4. The van der Waals surface area contributed by atoms with E-state index in [9.17, 15) is 13.6 Å². The van der Waals surface area contributed by atoms with Gasteiger partial charge in [0.25, 0.3) is 5.91 Å². The molecule has 0 bridgehead atoms. The van der Waals surface area contributed by atoms with Gasteiger partial charge in [-0.2, -0.15) is 0 Å². The van der Waals surface area contributed by atoms with Gasteiger partial charge in [0.2, 0.25) is 0 Å². The third kappa shape index (κ3) is 6.04. The van der Waals surface area contributed by atoms with Crippen LogP contribution in [-0.2, 0) is 0 Å². The van der Waals surface area contributed by atoms with Gasteiger partial charge in [-0.05, 0) is 50.6 Å².